The number of carbonyl (C=O) groups is 1. The van der Waals surface area contributed by atoms with E-state index >= 15 is 0 Å². The van der Waals surface area contributed by atoms with E-state index < -0.39 is 12.5 Å². The molecule has 150 valence electrons. The maximum absolute atomic E-state index is 13.3. The van der Waals surface area contributed by atoms with Gasteiger partial charge in [-0.05, 0) is 55.2 Å². The maximum atomic E-state index is 13.3. The van der Waals surface area contributed by atoms with Crippen molar-refractivity contribution in [1.82, 2.24) is 0 Å². The number of amides is 1. The van der Waals surface area contributed by atoms with Gasteiger partial charge in [-0.1, -0.05) is 17.7 Å². The van der Waals surface area contributed by atoms with Crippen molar-refractivity contribution in [3.05, 3.63) is 58.4 Å². The molecule has 3 rings (SSSR count). The van der Waals surface area contributed by atoms with Gasteiger partial charge in [-0.2, -0.15) is 0 Å². The summed E-state index contributed by atoms with van der Waals surface area (Å²) in [6.45, 7) is 0.914. The summed E-state index contributed by atoms with van der Waals surface area (Å²) in [5, 5.41) is 12.5. The van der Waals surface area contributed by atoms with Gasteiger partial charge < -0.3 is 15.3 Å². The third-order valence-electron chi connectivity index (χ3n) is 4.93. The van der Waals surface area contributed by atoms with Gasteiger partial charge in [0, 0.05) is 36.4 Å². The molecule has 1 fully saturated rings. The Hall–Kier alpha value is -2.18. The lowest BCUT2D eigenvalue weighted by Crippen LogP contribution is -2.26. The van der Waals surface area contributed by atoms with E-state index in [-0.39, 0.29) is 23.5 Å². The van der Waals surface area contributed by atoms with Crippen LogP contribution in [0.3, 0.4) is 0 Å². The summed E-state index contributed by atoms with van der Waals surface area (Å²) >= 11 is 5.76. The average Bonchev–Trinajstić information content (AvgIpc) is 2.90. The molecule has 1 amide bonds. The number of benzene rings is 2. The first kappa shape index (κ1) is 20.6. The third kappa shape index (κ3) is 5.00. The molecule has 1 unspecified atom stereocenters. The second kappa shape index (κ2) is 9.34. The highest BCUT2D eigenvalue weighted by Crippen LogP contribution is 2.27. The lowest BCUT2D eigenvalue weighted by atomic mass is 10.0. The topological polar surface area (TPSA) is 52.6 Å². The number of hydrogen-bond acceptors (Lipinski definition) is 3. The normalized spacial score (nSPS) is 17.3. The Morgan fingerprint density at radius 1 is 1.21 bits per heavy atom. The number of halogens is 3. The van der Waals surface area contributed by atoms with Crippen LogP contribution < -0.4 is 10.2 Å². The van der Waals surface area contributed by atoms with Gasteiger partial charge in [-0.15, -0.1) is 0 Å². The van der Waals surface area contributed by atoms with Crippen molar-refractivity contribution in [2.24, 2.45) is 0 Å². The Kier molecular flexibility index (Phi) is 6.86. The van der Waals surface area contributed by atoms with Crippen LogP contribution in [0.4, 0.5) is 20.2 Å². The second-order valence-electron chi connectivity index (χ2n) is 6.94. The zero-order chi connectivity index (χ0) is 20.1. The molecule has 0 spiro atoms. The third-order valence-corrected chi connectivity index (χ3v) is 5.22. The van der Waals surface area contributed by atoms with Crippen LogP contribution >= 0.6 is 11.6 Å². The molecule has 1 heterocycles. The van der Waals surface area contributed by atoms with Gasteiger partial charge in [0.15, 0.2) is 0 Å². The predicted octanol–water partition coefficient (Wildman–Crippen LogP) is 4.59. The van der Waals surface area contributed by atoms with Crippen molar-refractivity contribution in [2.75, 3.05) is 30.0 Å². The highest BCUT2D eigenvalue weighted by Gasteiger charge is 2.19. The molecule has 1 atom stereocenters. The molecule has 1 aliphatic heterocycles. The van der Waals surface area contributed by atoms with Crippen LogP contribution in [0.1, 0.15) is 35.2 Å². The van der Waals surface area contributed by atoms with E-state index in [2.05, 4.69) is 10.2 Å². The molecule has 0 saturated carbocycles. The second-order valence-corrected chi connectivity index (χ2v) is 7.34. The molecule has 4 nitrogen and oxygen atoms in total. The van der Waals surface area contributed by atoms with Gasteiger partial charge in [-0.3, -0.25) is 9.18 Å². The van der Waals surface area contributed by atoms with E-state index in [4.69, 9.17) is 11.6 Å². The SMILES string of the molecule is O=C(Nc1ccc(F)c(Cl)c1)c1ccc(CCF)c(N2CCCC(O)CC2)c1. The molecule has 2 aromatic carbocycles. The van der Waals surface area contributed by atoms with Gasteiger partial charge >= 0.3 is 0 Å². The van der Waals surface area contributed by atoms with Gasteiger partial charge in [0.05, 0.1) is 17.8 Å². The number of aliphatic hydroxyl groups excluding tert-OH is 1. The number of anilines is 2. The fourth-order valence-corrected chi connectivity index (χ4v) is 3.59. The fourth-order valence-electron chi connectivity index (χ4n) is 3.41. The Balaban J connectivity index is 1.84. The molecular weight excluding hydrogens is 386 g/mol. The Bertz CT molecular complexity index is 847. The maximum Gasteiger partial charge on any atom is 0.255 e. The lowest BCUT2D eigenvalue weighted by Gasteiger charge is -2.26. The first-order valence-electron chi connectivity index (χ1n) is 9.36. The van der Waals surface area contributed by atoms with Crippen LogP contribution in [-0.2, 0) is 6.42 Å². The van der Waals surface area contributed by atoms with Crippen molar-refractivity contribution in [3.63, 3.8) is 0 Å². The summed E-state index contributed by atoms with van der Waals surface area (Å²) in [6.07, 6.45) is 2.15. The number of rotatable bonds is 5. The molecule has 0 radical (unpaired) electrons. The van der Waals surface area contributed by atoms with Crippen molar-refractivity contribution >= 4 is 28.9 Å². The molecule has 1 aliphatic rings. The summed E-state index contributed by atoms with van der Waals surface area (Å²) in [6, 6.07) is 9.15. The van der Waals surface area contributed by atoms with Crippen LogP contribution in [0, 0.1) is 5.82 Å². The van der Waals surface area contributed by atoms with Crippen LogP contribution in [0.25, 0.3) is 0 Å². The first-order chi connectivity index (χ1) is 13.5. The van der Waals surface area contributed by atoms with E-state index in [0.29, 0.717) is 24.2 Å². The molecular formula is C21H23ClF2N2O2. The molecule has 1 saturated heterocycles. The molecule has 0 bridgehead atoms. The van der Waals surface area contributed by atoms with Crippen LogP contribution in [0.5, 0.6) is 0 Å². The van der Waals surface area contributed by atoms with E-state index in [0.717, 1.165) is 30.6 Å². The van der Waals surface area contributed by atoms with E-state index in [1.807, 2.05) is 0 Å². The minimum atomic E-state index is -0.555. The summed E-state index contributed by atoms with van der Waals surface area (Å²) in [7, 11) is 0. The van der Waals surface area contributed by atoms with Gasteiger partial charge in [0.25, 0.3) is 5.91 Å². The number of carbonyl (C=O) groups excluding carboxylic acids is 1. The highest BCUT2D eigenvalue weighted by atomic mass is 35.5. The molecule has 7 heteroatoms. The summed E-state index contributed by atoms with van der Waals surface area (Å²) in [4.78, 5) is 14.8. The van der Waals surface area contributed by atoms with Gasteiger partial charge in [0.2, 0.25) is 0 Å². The minimum absolute atomic E-state index is 0.0695. The molecule has 0 aromatic heterocycles. The number of nitrogens with zero attached hydrogens (tertiary/aromatic N) is 1. The zero-order valence-corrected chi connectivity index (χ0v) is 16.2. The zero-order valence-electron chi connectivity index (χ0n) is 15.4. The first-order valence-corrected chi connectivity index (χ1v) is 9.74. The van der Waals surface area contributed by atoms with Crippen molar-refractivity contribution in [2.45, 2.75) is 31.8 Å². The van der Waals surface area contributed by atoms with Gasteiger partial charge in [0.1, 0.15) is 5.82 Å². The lowest BCUT2D eigenvalue weighted by molar-refractivity contribution is 0.102. The molecule has 2 aromatic rings. The van der Waals surface area contributed by atoms with E-state index in [1.54, 1.807) is 18.2 Å². The average molecular weight is 409 g/mol. The monoisotopic (exact) mass is 408 g/mol. The summed E-state index contributed by atoms with van der Waals surface area (Å²) in [5.74, 6) is -0.911. The van der Waals surface area contributed by atoms with Crippen LogP contribution in [-0.4, -0.2) is 36.9 Å². The minimum Gasteiger partial charge on any atom is -0.393 e. The largest absolute Gasteiger partial charge is 0.393 e. The van der Waals surface area contributed by atoms with Crippen molar-refractivity contribution < 1.29 is 18.7 Å². The smallest absolute Gasteiger partial charge is 0.255 e. The molecule has 28 heavy (non-hydrogen) atoms. The number of nitrogens with one attached hydrogen (secondary N) is 1. The van der Waals surface area contributed by atoms with Crippen molar-refractivity contribution in [3.8, 4) is 0 Å². The van der Waals surface area contributed by atoms with Crippen molar-refractivity contribution in [1.29, 1.82) is 0 Å². The Morgan fingerprint density at radius 3 is 2.79 bits per heavy atom. The number of aryl methyl sites for hydroxylation is 1. The highest BCUT2D eigenvalue weighted by molar-refractivity contribution is 6.31. The Labute approximate surface area is 168 Å². The molecule has 0 aliphatic carbocycles. The standard InChI is InChI=1S/C21H23ClF2N2O2/c22-18-13-16(5-6-19(18)24)25-21(28)15-4-3-14(7-9-23)20(12-15)26-10-1-2-17(27)8-11-26/h3-6,12-13,17,27H,1-2,7-11H2,(H,25,28). The van der Waals surface area contributed by atoms with Crippen LogP contribution in [0.2, 0.25) is 5.02 Å². The van der Waals surface area contributed by atoms with Gasteiger partial charge in [-0.25, -0.2) is 4.39 Å². The molecule has 2 N–H and O–H groups in total. The van der Waals surface area contributed by atoms with E-state index in [9.17, 15) is 18.7 Å². The number of hydrogen-bond donors (Lipinski definition) is 2. The quantitative estimate of drug-likeness (QED) is 0.760. The van der Waals surface area contributed by atoms with Crippen LogP contribution in [0.15, 0.2) is 36.4 Å². The summed E-state index contributed by atoms with van der Waals surface area (Å²) < 4.78 is 26.3. The fraction of sp³-hybridized carbons (Fsp3) is 0.381. The summed E-state index contributed by atoms with van der Waals surface area (Å²) in [5.41, 5.74) is 2.46. The number of aliphatic hydroxyl groups is 1. The van der Waals surface area contributed by atoms with E-state index in [1.165, 1.54) is 18.2 Å². The number of alkyl halides is 1. The Morgan fingerprint density at radius 2 is 2.04 bits per heavy atom. The predicted molar refractivity (Wildman–Crippen MR) is 108 cm³/mol.